The van der Waals surface area contributed by atoms with Crippen LogP contribution in [0.2, 0.25) is 0 Å². The van der Waals surface area contributed by atoms with E-state index in [-0.39, 0.29) is 28.8 Å². The lowest BCUT2D eigenvalue weighted by molar-refractivity contribution is -0.0905. The summed E-state index contributed by atoms with van der Waals surface area (Å²) in [6.07, 6.45) is 4.33. The van der Waals surface area contributed by atoms with Crippen molar-refractivity contribution in [3.05, 3.63) is 11.8 Å². The molecule has 1 aliphatic heterocycles. The van der Waals surface area contributed by atoms with Crippen molar-refractivity contribution in [2.75, 3.05) is 6.61 Å². The highest BCUT2D eigenvalue weighted by molar-refractivity contribution is 7.89. The van der Waals surface area contributed by atoms with Crippen molar-refractivity contribution in [3.63, 3.8) is 0 Å². The van der Waals surface area contributed by atoms with E-state index in [0.717, 1.165) is 12.8 Å². The molecule has 0 radical (unpaired) electrons. The summed E-state index contributed by atoms with van der Waals surface area (Å²) in [5, 5.41) is 15.2. The van der Waals surface area contributed by atoms with E-state index in [1.54, 1.807) is 0 Å². The molecular weight excluding hydrogens is 294 g/mol. The summed E-state index contributed by atoms with van der Waals surface area (Å²) in [5.41, 5.74) is 0.0194. The number of nitrogens with zero attached hydrogens (tertiary/aromatic N) is 1. The first-order valence-electron chi connectivity index (χ1n) is 7.25. The van der Waals surface area contributed by atoms with Crippen LogP contribution >= 0.6 is 0 Å². The predicted octanol–water partition coefficient (Wildman–Crippen LogP) is 0.918. The van der Waals surface area contributed by atoms with Crippen molar-refractivity contribution in [2.24, 2.45) is 0 Å². The van der Waals surface area contributed by atoms with Gasteiger partial charge in [0.05, 0.1) is 18.4 Å². The van der Waals surface area contributed by atoms with Crippen molar-refractivity contribution >= 4 is 10.0 Å². The van der Waals surface area contributed by atoms with Crippen LogP contribution in [0.4, 0.5) is 0 Å². The number of hydrogen-bond donors (Lipinski definition) is 3. The zero-order valence-electron chi connectivity index (χ0n) is 12.4. The Morgan fingerprint density at radius 1 is 1.52 bits per heavy atom. The van der Waals surface area contributed by atoms with E-state index >= 15 is 0 Å². The van der Waals surface area contributed by atoms with Gasteiger partial charge in [-0.1, -0.05) is 13.8 Å². The van der Waals surface area contributed by atoms with Crippen LogP contribution in [-0.4, -0.2) is 42.0 Å². The van der Waals surface area contributed by atoms with E-state index in [0.29, 0.717) is 19.4 Å². The predicted molar refractivity (Wildman–Crippen MR) is 77.1 cm³/mol. The standard InChI is InChI=1S/C13H23N3O4S/c1-3-13(4-2)7-11(5-6-20-13)16-21(18,19)12-10(9-17)8-14-15-12/h8,11,16-17H,3-7,9H2,1-2H3,(H,14,15). The molecule has 0 aliphatic carbocycles. The maximum absolute atomic E-state index is 12.4. The van der Waals surface area contributed by atoms with E-state index in [1.165, 1.54) is 6.20 Å². The molecule has 1 saturated heterocycles. The zero-order chi connectivity index (χ0) is 15.5. The molecule has 0 aromatic carbocycles. The van der Waals surface area contributed by atoms with Gasteiger partial charge in [-0.05, 0) is 25.7 Å². The SMILES string of the molecule is CCC1(CC)CC(NS(=O)(=O)c2[nH]ncc2CO)CCO1. The first kappa shape index (κ1) is 16.4. The van der Waals surface area contributed by atoms with E-state index < -0.39 is 10.0 Å². The molecule has 8 heteroatoms. The van der Waals surface area contributed by atoms with Crippen molar-refractivity contribution in [3.8, 4) is 0 Å². The Morgan fingerprint density at radius 3 is 2.86 bits per heavy atom. The molecule has 1 unspecified atom stereocenters. The second kappa shape index (κ2) is 6.43. The van der Waals surface area contributed by atoms with Gasteiger partial charge >= 0.3 is 0 Å². The second-order valence-corrected chi connectivity index (χ2v) is 7.08. The van der Waals surface area contributed by atoms with Gasteiger partial charge in [-0.2, -0.15) is 5.10 Å². The number of aliphatic hydroxyl groups excluding tert-OH is 1. The fourth-order valence-electron chi connectivity index (χ4n) is 2.79. The van der Waals surface area contributed by atoms with Crippen LogP contribution in [-0.2, 0) is 21.4 Å². The highest BCUT2D eigenvalue weighted by atomic mass is 32.2. The molecule has 0 spiro atoms. The molecule has 2 rings (SSSR count). The molecule has 1 atom stereocenters. The Morgan fingerprint density at radius 2 is 2.24 bits per heavy atom. The van der Waals surface area contributed by atoms with Crippen LogP contribution < -0.4 is 4.72 Å². The van der Waals surface area contributed by atoms with E-state index in [2.05, 4.69) is 28.8 Å². The number of ether oxygens (including phenoxy) is 1. The van der Waals surface area contributed by atoms with Gasteiger partial charge in [-0.3, -0.25) is 5.10 Å². The molecule has 3 N–H and O–H groups in total. The lowest BCUT2D eigenvalue weighted by Gasteiger charge is -2.40. The Bertz CT molecular complexity index is 566. The van der Waals surface area contributed by atoms with Gasteiger partial charge in [0, 0.05) is 18.2 Å². The van der Waals surface area contributed by atoms with E-state index in [4.69, 9.17) is 9.84 Å². The molecule has 0 saturated carbocycles. The lowest BCUT2D eigenvalue weighted by Crippen LogP contribution is -2.48. The molecule has 1 fully saturated rings. The van der Waals surface area contributed by atoms with Crippen molar-refractivity contribution in [1.29, 1.82) is 0 Å². The van der Waals surface area contributed by atoms with Gasteiger partial charge in [0.1, 0.15) is 0 Å². The number of hydrogen-bond acceptors (Lipinski definition) is 5. The summed E-state index contributed by atoms with van der Waals surface area (Å²) in [6, 6.07) is -0.168. The maximum atomic E-state index is 12.4. The van der Waals surface area contributed by atoms with Crippen LogP contribution in [0.25, 0.3) is 0 Å². The topological polar surface area (TPSA) is 104 Å². The van der Waals surface area contributed by atoms with Crippen LogP contribution in [0.15, 0.2) is 11.2 Å². The number of aromatic amines is 1. The van der Waals surface area contributed by atoms with E-state index in [9.17, 15) is 8.42 Å². The van der Waals surface area contributed by atoms with Gasteiger partial charge in [0.25, 0.3) is 10.0 Å². The van der Waals surface area contributed by atoms with Crippen molar-refractivity contribution in [2.45, 2.75) is 62.8 Å². The Hall–Kier alpha value is -0.960. The number of H-pyrrole nitrogens is 1. The van der Waals surface area contributed by atoms with Crippen LogP contribution in [0.5, 0.6) is 0 Å². The number of aromatic nitrogens is 2. The van der Waals surface area contributed by atoms with E-state index in [1.807, 2.05) is 0 Å². The molecule has 0 amide bonds. The van der Waals surface area contributed by atoms with Crippen LogP contribution in [0.3, 0.4) is 0 Å². The zero-order valence-corrected chi connectivity index (χ0v) is 13.2. The molecule has 21 heavy (non-hydrogen) atoms. The van der Waals surface area contributed by atoms with Crippen LogP contribution in [0.1, 0.15) is 45.1 Å². The number of aliphatic hydroxyl groups is 1. The second-order valence-electron chi connectivity index (χ2n) is 5.43. The molecule has 7 nitrogen and oxygen atoms in total. The molecule has 1 aliphatic rings. The average molecular weight is 317 g/mol. The third kappa shape index (κ3) is 3.45. The third-order valence-corrected chi connectivity index (χ3v) is 5.76. The molecular formula is C13H23N3O4S. The first-order chi connectivity index (χ1) is 9.96. The van der Waals surface area contributed by atoms with Gasteiger partial charge in [-0.15, -0.1) is 0 Å². The number of rotatable bonds is 6. The Kier molecular flexibility index (Phi) is 5.03. The monoisotopic (exact) mass is 317 g/mol. The van der Waals surface area contributed by atoms with Crippen LogP contribution in [0, 0.1) is 0 Å². The average Bonchev–Trinajstić information content (AvgIpc) is 2.96. The highest BCUT2D eigenvalue weighted by Crippen LogP contribution is 2.32. The lowest BCUT2D eigenvalue weighted by atomic mass is 9.86. The summed E-state index contributed by atoms with van der Waals surface area (Å²) >= 11 is 0. The molecule has 2 heterocycles. The smallest absolute Gasteiger partial charge is 0.258 e. The Labute approximate surface area is 125 Å². The van der Waals surface area contributed by atoms with Gasteiger partial charge in [0.15, 0.2) is 5.03 Å². The van der Waals surface area contributed by atoms with Gasteiger partial charge in [0.2, 0.25) is 0 Å². The fourth-order valence-corrected chi connectivity index (χ4v) is 4.19. The minimum atomic E-state index is -3.71. The summed E-state index contributed by atoms with van der Waals surface area (Å²) in [5.74, 6) is 0. The number of sulfonamides is 1. The first-order valence-corrected chi connectivity index (χ1v) is 8.74. The van der Waals surface area contributed by atoms with Crippen molar-refractivity contribution in [1.82, 2.24) is 14.9 Å². The highest BCUT2D eigenvalue weighted by Gasteiger charge is 2.36. The maximum Gasteiger partial charge on any atom is 0.258 e. The Balaban J connectivity index is 2.14. The van der Waals surface area contributed by atoms with Gasteiger partial charge < -0.3 is 9.84 Å². The number of nitrogens with one attached hydrogen (secondary N) is 2. The summed E-state index contributed by atoms with van der Waals surface area (Å²) in [7, 11) is -3.71. The summed E-state index contributed by atoms with van der Waals surface area (Å²) in [4.78, 5) is 0. The quantitative estimate of drug-likeness (QED) is 0.723. The minimum absolute atomic E-state index is 0.0601. The third-order valence-electron chi connectivity index (χ3n) is 4.22. The molecule has 1 aromatic rings. The largest absolute Gasteiger partial charge is 0.392 e. The van der Waals surface area contributed by atoms with Gasteiger partial charge in [-0.25, -0.2) is 13.1 Å². The normalized spacial score (nSPS) is 22.3. The molecule has 0 bridgehead atoms. The summed E-state index contributed by atoms with van der Waals surface area (Å²) < 4.78 is 33.3. The molecule has 1 aromatic heterocycles. The summed E-state index contributed by atoms with van der Waals surface area (Å²) in [6.45, 7) is 4.29. The fraction of sp³-hybridized carbons (Fsp3) is 0.769. The minimum Gasteiger partial charge on any atom is -0.392 e. The molecule has 120 valence electrons. The van der Waals surface area contributed by atoms with Crippen molar-refractivity contribution < 1.29 is 18.3 Å².